The molecule has 0 aromatic heterocycles. The first-order valence-electron chi connectivity index (χ1n) is 3.92. The first kappa shape index (κ1) is 10.8. The molecule has 1 atom stereocenters. The van der Waals surface area contributed by atoms with Crippen LogP contribution in [0, 0.1) is 0 Å². The molecule has 14 heavy (non-hydrogen) atoms. The number of aliphatic hydroxyl groups is 1. The summed E-state index contributed by atoms with van der Waals surface area (Å²) in [6, 6.07) is 5.38. The van der Waals surface area contributed by atoms with Gasteiger partial charge in [0, 0.05) is 6.42 Å². The molecule has 0 aliphatic rings. The van der Waals surface area contributed by atoms with E-state index in [1.165, 1.54) is 24.3 Å². The number of benzene rings is 1. The van der Waals surface area contributed by atoms with E-state index in [1.54, 1.807) is 0 Å². The van der Waals surface area contributed by atoms with Crippen LogP contribution >= 0.6 is 0 Å². The highest BCUT2D eigenvalue weighted by atomic mass is 19.4. The van der Waals surface area contributed by atoms with Crippen LogP contribution < -0.4 is 0 Å². The Morgan fingerprint density at radius 2 is 1.93 bits per heavy atom. The van der Waals surface area contributed by atoms with E-state index in [1.807, 2.05) is 0 Å². The molecule has 78 valence electrons. The summed E-state index contributed by atoms with van der Waals surface area (Å²) in [4.78, 5) is 0. The second kappa shape index (κ2) is 3.88. The van der Waals surface area contributed by atoms with Crippen molar-refractivity contribution < 1.29 is 23.4 Å². The van der Waals surface area contributed by atoms with Crippen LogP contribution in [-0.4, -0.2) is 22.5 Å². The highest BCUT2D eigenvalue weighted by Gasteiger charge is 2.37. The van der Waals surface area contributed by atoms with Crippen LogP contribution in [0.3, 0.4) is 0 Å². The van der Waals surface area contributed by atoms with Gasteiger partial charge in [0.05, 0.1) is 0 Å². The predicted molar refractivity (Wildman–Crippen MR) is 43.9 cm³/mol. The number of aliphatic hydroxyl groups excluding tert-OH is 1. The molecule has 0 heterocycles. The summed E-state index contributed by atoms with van der Waals surface area (Å²) in [5.74, 6) is -0.114. The van der Waals surface area contributed by atoms with Gasteiger partial charge in [-0.05, 0) is 17.7 Å². The van der Waals surface area contributed by atoms with Crippen molar-refractivity contribution in [2.45, 2.75) is 18.7 Å². The van der Waals surface area contributed by atoms with Crippen molar-refractivity contribution in [1.29, 1.82) is 0 Å². The summed E-state index contributed by atoms with van der Waals surface area (Å²) in [7, 11) is 0. The first-order valence-corrected chi connectivity index (χ1v) is 3.92. The maximum Gasteiger partial charge on any atom is 0.414 e. The largest absolute Gasteiger partial charge is 0.508 e. The molecule has 0 aliphatic heterocycles. The molecule has 0 unspecified atom stereocenters. The molecular weight excluding hydrogens is 197 g/mol. The van der Waals surface area contributed by atoms with Gasteiger partial charge in [-0.2, -0.15) is 13.2 Å². The second-order valence-electron chi connectivity index (χ2n) is 2.93. The van der Waals surface area contributed by atoms with E-state index in [0.29, 0.717) is 0 Å². The summed E-state index contributed by atoms with van der Waals surface area (Å²) in [5.41, 5.74) is 0.245. The number of hydrogen-bond donors (Lipinski definition) is 2. The third-order valence-electron chi connectivity index (χ3n) is 1.72. The quantitative estimate of drug-likeness (QED) is 0.775. The van der Waals surface area contributed by atoms with Gasteiger partial charge in [0.1, 0.15) is 5.75 Å². The van der Waals surface area contributed by atoms with Crippen LogP contribution in [0.25, 0.3) is 0 Å². The van der Waals surface area contributed by atoms with Gasteiger partial charge in [-0.25, -0.2) is 0 Å². The lowest BCUT2D eigenvalue weighted by Gasteiger charge is -2.14. The Bertz CT molecular complexity index is 309. The van der Waals surface area contributed by atoms with E-state index >= 15 is 0 Å². The van der Waals surface area contributed by atoms with Gasteiger partial charge in [-0.15, -0.1) is 0 Å². The maximum absolute atomic E-state index is 11.9. The van der Waals surface area contributed by atoms with E-state index in [2.05, 4.69) is 0 Å². The van der Waals surface area contributed by atoms with E-state index in [-0.39, 0.29) is 11.3 Å². The van der Waals surface area contributed by atoms with Crippen molar-refractivity contribution in [3.63, 3.8) is 0 Å². The van der Waals surface area contributed by atoms with E-state index in [0.717, 1.165) is 0 Å². The highest BCUT2D eigenvalue weighted by Crippen LogP contribution is 2.23. The topological polar surface area (TPSA) is 40.5 Å². The summed E-state index contributed by atoms with van der Waals surface area (Å²) in [5, 5.41) is 17.7. The molecule has 0 spiro atoms. The van der Waals surface area contributed by atoms with Crippen molar-refractivity contribution in [3.05, 3.63) is 29.8 Å². The molecule has 2 nitrogen and oxygen atoms in total. The van der Waals surface area contributed by atoms with Crippen molar-refractivity contribution in [2.75, 3.05) is 0 Å². The van der Waals surface area contributed by atoms with E-state index in [4.69, 9.17) is 10.2 Å². The van der Waals surface area contributed by atoms with Crippen molar-refractivity contribution in [3.8, 4) is 5.75 Å². The van der Waals surface area contributed by atoms with Crippen molar-refractivity contribution >= 4 is 0 Å². The Balaban J connectivity index is 2.70. The fourth-order valence-corrected chi connectivity index (χ4v) is 1.02. The Morgan fingerprint density at radius 1 is 1.29 bits per heavy atom. The molecule has 0 saturated heterocycles. The number of rotatable bonds is 2. The van der Waals surface area contributed by atoms with Crippen LogP contribution in [0.5, 0.6) is 5.75 Å². The van der Waals surface area contributed by atoms with Gasteiger partial charge in [-0.3, -0.25) is 0 Å². The minimum Gasteiger partial charge on any atom is -0.508 e. The molecule has 0 saturated carbocycles. The fourth-order valence-electron chi connectivity index (χ4n) is 1.02. The minimum atomic E-state index is -4.62. The Morgan fingerprint density at radius 3 is 2.43 bits per heavy atom. The summed E-state index contributed by atoms with van der Waals surface area (Å²) in [6.45, 7) is 0. The average molecular weight is 206 g/mol. The van der Waals surface area contributed by atoms with Crippen LogP contribution in [0.4, 0.5) is 13.2 Å². The number of phenols is 1. The van der Waals surface area contributed by atoms with Crippen LogP contribution in [0.2, 0.25) is 0 Å². The summed E-state index contributed by atoms with van der Waals surface area (Å²) < 4.78 is 35.8. The molecule has 0 fully saturated rings. The molecule has 0 bridgehead atoms. The number of aromatic hydroxyl groups is 1. The molecule has 0 aliphatic carbocycles. The van der Waals surface area contributed by atoms with Gasteiger partial charge >= 0.3 is 6.18 Å². The van der Waals surface area contributed by atoms with E-state index in [9.17, 15) is 13.2 Å². The number of alkyl halides is 3. The lowest BCUT2D eigenvalue weighted by molar-refractivity contribution is -0.203. The van der Waals surface area contributed by atoms with Crippen molar-refractivity contribution in [1.82, 2.24) is 0 Å². The zero-order valence-electron chi connectivity index (χ0n) is 7.12. The van der Waals surface area contributed by atoms with Crippen LogP contribution in [0.1, 0.15) is 5.56 Å². The SMILES string of the molecule is Oc1cccc(C[C@@H](O)C(F)(F)F)c1. The molecule has 5 heteroatoms. The summed E-state index contributed by atoms with van der Waals surface area (Å²) >= 11 is 0. The molecular formula is C9H9F3O2. The number of phenolic OH excluding ortho intramolecular Hbond substituents is 1. The molecule has 1 aromatic rings. The minimum absolute atomic E-state index is 0.114. The monoisotopic (exact) mass is 206 g/mol. The first-order chi connectivity index (χ1) is 6.39. The second-order valence-corrected chi connectivity index (χ2v) is 2.93. The van der Waals surface area contributed by atoms with Gasteiger partial charge in [0.15, 0.2) is 6.10 Å². The van der Waals surface area contributed by atoms with Gasteiger partial charge in [-0.1, -0.05) is 12.1 Å². The Labute approximate surface area is 78.6 Å². The van der Waals surface area contributed by atoms with Gasteiger partial charge in [0.25, 0.3) is 0 Å². The van der Waals surface area contributed by atoms with E-state index < -0.39 is 18.7 Å². The third-order valence-corrected chi connectivity index (χ3v) is 1.72. The normalized spacial score (nSPS) is 14.0. The zero-order chi connectivity index (χ0) is 10.8. The molecule has 2 N–H and O–H groups in total. The fraction of sp³-hybridized carbons (Fsp3) is 0.333. The molecule has 1 rings (SSSR count). The lowest BCUT2D eigenvalue weighted by Crippen LogP contribution is -2.30. The average Bonchev–Trinajstić information content (AvgIpc) is 2.02. The van der Waals surface area contributed by atoms with Gasteiger partial charge in [0.2, 0.25) is 0 Å². The number of halogens is 3. The van der Waals surface area contributed by atoms with Gasteiger partial charge < -0.3 is 10.2 Å². The third kappa shape index (κ3) is 2.92. The van der Waals surface area contributed by atoms with Crippen molar-refractivity contribution in [2.24, 2.45) is 0 Å². The smallest absolute Gasteiger partial charge is 0.414 e. The summed E-state index contributed by atoms with van der Waals surface area (Å²) in [6.07, 6.45) is -7.55. The van der Waals surface area contributed by atoms with Crippen LogP contribution in [-0.2, 0) is 6.42 Å². The zero-order valence-corrected chi connectivity index (χ0v) is 7.12. The molecule has 1 aromatic carbocycles. The maximum atomic E-state index is 11.9. The Kier molecular flexibility index (Phi) is 3.00. The number of hydrogen-bond acceptors (Lipinski definition) is 2. The molecule has 0 amide bonds. The molecule has 0 radical (unpaired) electrons. The Hall–Kier alpha value is -1.23. The van der Waals surface area contributed by atoms with Crippen LogP contribution in [0.15, 0.2) is 24.3 Å². The lowest BCUT2D eigenvalue weighted by atomic mass is 10.1. The predicted octanol–water partition coefficient (Wildman–Crippen LogP) is 1.86. The highest BCUT2D eigenvalue weighted by molar-refractivity contribution is 5.27. The standard InChI is InChI=1S/C9H9F3O2/c10-9(11,12)8(14)5-6-2-1-3-7(13)4-6/h1-4,8,13-14H,5H2/t8-/m1/s1.